The lowest BCUT2D eigenvalue weighted by Crippen LogP contribution is -2.35. The molecule has 3 amide bonds. The lowest BCUT2D eigenvalue weighted by atomic mass is 10.2. The predicted molar refractivity (Wildman–Crippen MR) is 124 cm³/mol. The molecule has 1 atom stereocenters. The summed E-state index contributed by atoms with van der Waals surface area (Å²) in [6, 6.07) is 16.4. The van der Waals surface area contributed by atoms with Crippen LogP contribution in [0.2, 0.25) is 0 Å². The van der Waals surface area contributed by atoms with Gasteiger partial charge in [-0.05, 0) is 55.3 Å². The fourth-order valence-electron chi connectivity index (χ4n) is 3.32. The summed E-state index contributed by atoms with van der Waals surface area (Å²) < 4.78 is 7.23. The second kappa shape index (κ2) is 10.4. The normalized spacial score (nSPS) is 15.6. The van der Waals surface area contributed by atoms with Gasteiger partial charge in [0, 0.05) is 42.4 Å². The zero-order valence-corrected chi connectivity index (χ0v) is 17.5. The molecule has 0 bridgehead atoms. The van der Waals surface area contributed by atoms with Gasteiger partial charge in [-0.2, -0.15) is 5.10 Å². The van der Waals surface area contributed by atoms with Crippen LogP contribution < -0.4 is 16.0 Å². The summed E-state index contributed by atoms with van der Waals surface area (Å²) in [7, 11) is 0. The third kappa shape index (κ3) is 6.05. The Labute approximate surface area is 186 Å². The first-order valence-corrected chi connectivity index (χ1v) is 10.5. The second-order valence-electron chi connectivity index (χ2n) is 7.42. The third-order valence-electron chi connectivity index (χ3n) is 4.98. The molecule has 1 aromatic heterocycles. The van der Waals surface area contributed by atoms with Crippen molar-refractivity contribution in [1.29, 1.82) is 0 Å². The van der Waals surface area contributed by atoms with Crippen LogP contribution in [0.3, 0.4) is 0 Å². The Hall–Kier alpha value is -3.91. The van der Waals surface area contributed by atoms with Crippen molar-refractivity contribution >= 4 is 29.4 Å². The van der Waals surface area contributed by atoms with E-state index in [1.807, 2.05) is 36.5 Å². The van der Waals surface area contributed by atoms with E-state index in [9.17, 15) is 9.59 Å². The van der Waals surface area contributed by atoms with Crippen molar-refractivity contribution in [1.82, 2.24) is 15.1 Å². The first kappa shape index (κ1) is 21.3. The highest BCUT2D eigenvalue weighted by atomic mass is 16.5. The van der Waals surface area contributed by atoms with Gasteiger partial charge in [0.05, 0.1) is 18.0 Å². The first-order chi connectivity index (χ1) is 15.7. The smallest absolute Gasteiger partial charge is 0.319 e. The van der Waals surface area contributed by atoms with Gasteiger partial charge in [0.25, 0.3) is 0 Å². The van der Waals surface area contributed by atoms with Crippen molar-refractivity contribution in [3.63, 3.8) is 0 Å². The van der Waals surface area contributed by atoms with Gasteiger partial charge in [0.2, 0.25) is 5.91 Å². The first-order valence-electron chi connectivity index (χ1n) is 10.5. The van der Waals surface area contributed by atoms with E-state index in [4.69, 9.17) is 4.74 Å². The Morgan fingerprint density at radius 2 is 1.81 bits per heavy atom. The van der Waals surface area contributed by atoms with Crippen LogP contribution in [0, 0.1) is 0 Å². The highest BCUT2D eigenvalue weighted by Crippen LogP contribution is 2.15. The lowest BCUT2D eigenvalue weighted by Gasteiger charge is -2.12. The topological polar surface area (TPSA) is 97.3 Å². The van der Waals surface area contributed by atoms with E-state index in [0.29, 0.717) is 17.9 Å². The standard InChI is InChI=1S/C24H25N5O3/c30-23(13-8-18-15-26-29(17-18)21-5-2-1-3-6-21)27-19-9-11-20(12-10-19)28-24(31)25-16-22-7-4-14-32-22/h1-3,5-6,8-13,15,17,22H,4,7,14,16H2,(H,27,30)(H2,25,28,31)/b13-8+. The summed E-state index contributed by atoms with van der Waals surface area (Å²) in [6.07, 6.45) is 8.81. The minimum Gasteiger partial charge on any atom is -0.376 e. The van der Waals surface area contributed by atoms with E-state index in [1.165, 1.54) is 6.08 Å². The highest BCUT2D eigenvalue weighted by molar-refractivity contribution is 6.02. The van der Waals surface area contributed by atoms with E-state index in [1.54, 1.807) is 41.2 Å². The number of ether oxygens (including phenoxy) is 1. The molecule has 1 aliphatic heterocycles. The Kier molecular flexibility index (Phi) is 6.94. The molecule has 1 unspecified atom stereocenters. The van der Waals surface area contributed by atoms with Gasteiger partial charge < -0.3 is 20.7 Å². The fraction of sp³-hybridized carbons (Fsp3) is 0.208. The molecule has 0 saturated carbocycles. The molecule has 8 nitrogen and oxygen atoms in total. The number of carbonyl (C=O) groups is 2. The monoisotopic (exact) mass is 431 g/mol. The molecule has 3 aromatic rings. The Morgan fingerprint density at radius 1 is 1.06 bits per heavy atom. The van der Waals surface area contributed by atoms with Crippen molar-refractivity contribution in [2.75, 3.05) is 23.8 Å². The molecular formula is C24H25N5O3. The van der Waals surface area contributed by atoms with Crippen LogP contribution in [0.25, 0.3) is 11.8 Å². The molecule has 2 heterocycles. The second-order valence-corrected chi connectivity index (χ2v) is 7.42. The predicted octanol–water partition coefficient (Wildman–Crippen LogP) is 3.82. The van der Waals surface area contributed by atoms with Gasteiger partial charge in [-0.15, -0.1) is 0 Å². The number of urea groups is 1. The molecular weight excluding hydrogens is 406 g/mol. The molecule has 164 valence electrons. The maximum Gasteiger partial charge on any atom is 0.319 e. The van der Waals surface area contributed by atoms with E-state index in [-0.39, 0.29) is 18.0 Å². The largest absolute Gasteiger partial charge is 0.376 e. The van der Waals surface area contributed by atoms with Crippen molar-refractivity contribution in [3.8, 4) is 5.69 Å². The van der Waals surface area contributed by atoms with Crippen LogP contribution >= 0.6 is 0 Å². The summed E-state index contributed by atoms with van der Waals surface area (Å²) in [6.45, 7) is 1.25. The molecule has 1 aliphatic rings. The van der Waals surface area contributed by atoms with Crippen molar-refractivity contribution in [2.45, 2.75) is 18.9 Å². The molecule has 2 aromatic carbocycles. The van der Waals surface area contributed by atoms with Crippen LogP contribution in [0.1, 0.15) is 18.4 Å². The Bertz CT molecular complexity index is 1070. The van der Waals surface area contributed by atoms with Crippen LogP contribution in [0.15, 0.2) is 73.1 Å². The Morgan fingerprint density at radius 3 is 2.53 bits per heavy atom. The molecule has 0 spiro atoms. The maximum absolute atomic E-state index is 12.2. The number of hydrogen-bond donors (Lipinski definition) is 3. The molecule has 8 heteroatoms. The van der Waals surface area contributed by atoms with E-state index < -0.39 is 0 Å². The van der Waals surface area contributed by atoms with Crippen LogP contribution in [-0.4, -0.2) is 41.0 Å². The summed E-state index contributed by atoms with van der Waals surface area (Å²) in [4.78, 5) is 24.2. The maximum atomic E-state index is 12.2. The fourth-order valence-corrected chi connectivity index (χ4v) is 3.32. The van der Waals surface area contributed by atoms with Crippen LogP contribution in [-0.2, 0) is 9.53 Å². The zero-order chi connectivity index (χ0) is 22.2. The number of carbonyl (C=O) groups excluding carboxylic acids is 2. The van der Waals surface area contributed by atoms with E-state index >= 15 is 0 Å². The number of amides is 3. The van der Waals surface area contributed by atoms with Crippen LogP contribution in [0.4, 0.5) is 16.2 Å². The molecule has 3 N–H and O–H groups in total. The van der Waals surface area contributed by atoms with Crippen LogP contribution in [0.5, 0.6) is 0 Å². The Balaban J connectivity index is 1.24. The van der Waals surface area contributed by atoms with Gasteiger partial charge in [-0.1, -0.05) is 18.2 Å². The SMILES string of the molecule is O=C(/C=C/c1cnn(-c2ccccc2)c1)Nc1ccc(NC(=O)NCC2CCCO2)cc1. The number of rotatable bonds is 7. The summed E-state index contributed by atoms with van der Waals surface area (Å²) >= 11 is 0. The zero-order valence-electron chi connectivity index (χ0n) is 17.5. The number of nitrogens with one attached hydrogen (secondary N) is 3. The minimum atomic E-state index is -0.281. The van der Waals surface area contributed by atoms with Gasteiger partial charge in [0.1, 0.15) is 0 Å². The highest BCUT2D eigenvalue weighted by Gasteiger charge is 2.16. The number of para-hydroxylation sites is 1. The average molecular weight is 431 g/mol. The number of hydrogen-bond acceptors (Lipinski definition) is 4. The van der Waals surface area contributed by atoms with Crippen molar-refractivity contribution in [2.24, 2.45) is 0 Å². The minimum absolute atomic E-state index is 0.0964. The lowest BCUT2D eigenvalue weighted by molar-refractivity contribution is -0.111. The van der Waals surface area contributed by atoms with Gasteiger partial charge in [0.15, 0.2) is 0 Å². The van der Waals surface area contributed by atoms with E-state index in [0.717, 1.165) is 30.7 Å². The quantitative estimate of drug-likeness (QED) is 0.496. The summed E-state index contributed by atoms with van der Waals surface area (Å²) in [5.74, 6) is -0.257. The third-order valence-corrected chi connectivity index (χ3v) is 4.98. The number of aromatic nitrogens is 2. The molecule has 4 rings (SSSR count). The molecule has 1 saturated heterocycles. The van der Waals surface area contributed by atoms with Gasteiger partial charge in [-0.3, -0.25) is 4.79 Å². The number of anilines is 2. The van der Waals surface area contributed by atoms with Crippen molar-refractivity contribution in [3.05, 3.63) is 78.6 Å². The average Bonchev–Trinajstić information content (AvgIpc) is 3.51. The van der Waals surface area contributed by atoms with Gasteiger partial charge >= 0.3 is 6.03 Å². The number of nitrogens with zero attached hydrogens (tertiary/aromatic N) is 2. The molecule has 1 fully saturated rings. The molecule has 0 radical (unpaired) electrons. The van der Waals surface area contributed by atoms with E-state index in [2.05, 4.69) is 21.0 Å². The summed E-state index contributed by atoms with van der Waals surface area (Å²) in [5.41, 5.74) is 3.03. The van der Waals surface area contributed by atoms with Gasteiger partial charge in [-0.25, -0.2) is 9.48 Å². The van der Waals surface area contributed by atoms with Crippen molar-refractivity contribution < 1.29 is 14.3 Å². The number of benzene rings is 2. The molecule has 0 aliphatic carbocycles. The summed E-state index contributed by atoms with van der Waals surface area (Å²) in [5, 5.41) is 12.7. The molecule has 32 heavy (non-hydrogen) atoms.